The maximum Gasteiger partial charge on any atom is 0.262 e. The van der Waals surface area contributed by atoms with Crippen molar-refractivity contribution in [1.82, 2.24) is 0 Å². The number of nitrogens with zero attached hydrogens (tertiary/aromatic N) is 1. The third kappa shape index (κ3) is 4.51. The average molecular weight is 438 g/mol. The number of anilines is 2. The molecule has 0 saturated carbocycles. The first-order chi connectivity index (χ1) is 12.4. The molecule has 0 unspecified atom stereocenters. The van der Waals surface area contributed by atoms with Crippen molar-refractivity contribution in [3.05, 3.63) is 51.0 Å². The first-order valence-electron chi connectivity index (χ1n) is 8.68. The molecule has 0 atom stereocenters. The average Bonchev–Trinajstić information content (AvgIpc) is 3.08. The molecular formula is C20H22BrClN2O2. The van der Waals surface area contributed by atoms with Gasteiger partial charge in [-0.3, -0.25) is 4.79 Å². The maximum atomic E-state index is 12.2. The second-order valence-electron chi connectivity index (χ2n) is 6.59. The van der Waals surface area contributed by atoms with E-state index in [1.165, 1.54) is 12.8 Å². The van der Waals surface area contributed by atoms with Crippen LogP contribution in [0.5, 0.6) is 5.75 Å². The van der Waals surface area contributed by atoms with Gasteiger partial charge in [0.15, 0.2) is 6.61 Å². The van der Waals surface area contributed by atoms with Gasteiger partial charge in [-0.2, -0.15) is 0 Å². The minimum absolute atomic E-state index is 0.0615. The summed E-state index contributed by atoms with van der Waals surface area (Å²) in [7, 11) is 0. The van der Waals surface area contributed by atoms with E-state index in [-0.39, 0.29) is 12.5 Å². The van der Waals surface area contributed by atoms with Gasteiger partial charge in [-0.1, -0.05) is 17.7 Å². The summed E-state index contributed by atoms with van der Waals surface area (Å²) >= 11 is 9.88. The van der Waals surface area contributed by atoms with Gasteiger partial charge >= 0.3 is 0 Å². The fraction of sp³-hybridized carbons (Fsp3) is 0.350. The highest BCUT2D eigenvalue weighted by atomic mass is 79.9. The quantitative estimate of drug-likeness (QED) is 0.687. The lowest BCUT2D eigenvalue weighted by atomic mass is 10.1. The van der Waals surface area contributed by atoms with Gasteiger partial charge in [0.05, 0.1) is 15.2 Å². The molecule has 1 saturated heterocycles. The predicted molar refractivity (Wildman–Crippen MR) is 111 cm³/mol. The van der Waals surface area contributed by atoms with Gasteiger partial charge in [-0.15, -0.1) is 0 Å². The molecule has 138 valence electrons. The van der Waals surface area contributed by atoms with Crippen LogP contribution in [-0.4, -0.2) is 25.6 Å². The standard InChI is InChI=1S/C20H22BrClN2O2/c1-13-9-14(2)20(16(21)10-13)26-12-19(25)23-15-5-6-18(17(22)11-15)24-7-3-4-8-24/h5-6,9-11H,3-4,7-8,12H2,1-2H3,(H,23,25). The van der Waals surface area contributed by atoms with Crippen LogP contribution in [0.2, 0.25) is 5.02 Å². The van der Waals surface area contributed by atoms with E-state index in [0.29, 0.717) is 16.5 Å². The number of halogens is 2. The number of hydrogen-bond acceptors (Lipinski definition) is 3. The van der Waals surface area contributed by atoms with Crippen molar-refractivity contribution >= 4 is 44.8 Å². The number of rotatable bonds is 5. The Labute approximate surface area is 167 Å². The summed E-state index contributed by atoms with van der Waals surface area (Å²) in [4.78, 5) is 14.5. The minimum atomic E-state index is -0.220. The van der Waals surface area contributed by atoms with Crippen molar-refractivity contribution in [2.75, 3.05) is 29.9 Å². The number of nitrogens with one attached hydrogen (secondary N) is 1. The van der Waals surface area contributed by atoms with Crippen LogP contribution in [-0.2, 0) is 4.79 Å². The zero-order valence-corrected chi connectivity index (χ0v) is 17.3. The monoisotopic (exact) mass is 436 g/mol. The molecule has 4 nitrogen and oxygen atoms in total. The van der Waals surface area contributed by atoms with Crippen LogP contribution in [0, 0.1) is 13.8 Å². The summed E-state index contributed by atoms with van der Waals surface area (Å²) in [5, 5.41) is 3.49. The summed E-state index contributed by atoms with van der Waals surface area (Å²) in [6, 6.07) is 9.63. The van der Waals surface area contributed by atoms with E-state index in [0.717, 1.165) is 34.4 Å². The molecule has 26 heavy (non-hydrogen) atoms. The summed E-state index contributed by atoms with van der Waals surface area (Å²) < 4.78 is 6.54. The lowest BCUT2D eigenvalue weighted by Crippen LogP contribution is -2.21. The largest absolute Gasteiger partial charge is 0.482 e. The second kappa shape index (κ2) is 8.31. The SMILES string of the molecule is Cc1cc(C)c(OCC(=O)Nc2ccc(N3CCCC3)c(Cl)c2)c(Br)c1. The van der Waals surface area contributed by atoms with Crippen molar-refractivity contribution in [3.63, 3.8) is 0 Å². The molecule has 6 heteroatoms. The maximum absolute atomic E-state index is 12.2. The van der Waals surface area contributed by atoms with E-state index < -0.39 is 0 Å². The molecule has 0 radical (unpaired) electrons. The minimum Gasteiger partial charge on any atom is -0.482 e. The van der Waals surface area contributed by atoms with Gasteiger partial charge in [-0.05, 0) is 78.0 Å². The number of amides is 1. The molecule has 1 amide bonds. The van der Waals surface area contributed by atoms with Crippen molar-refractivity contribution in [3.8, 4) is 5.75 Å². The van der Waals surface area contributed by atoms with E-state index in [4.69, 9.17) is 16.3 Å². The zero-order chi connectivity index (χ0) is 18.7. The first-order valence-corrected chi connectivity index (χ1v) is 9.85. The molecule has 1 aliphatic heterocycles. The van der Waals surface area contributed by atoms with Gasteiger partial charge in [0.2, 0.25) is 0 Å². The van der Waals surface area contributed by atoms with Crippen LogP contribution in [0.1, 0.15) is 24.0 Å². The number of benzene rings is 2. The Morgan fingerprint density at radius 3 is 2.62 bits per heavy atom. The topological polar surface area (TPSA) is 41.6 Å². The van der Waals surface area contributed by atoms with Crippen LogP contribution >= 0.6 is 27.5 Å². The van der Waals surface area contributed by atoms with E-state index in [2.05, 4.69) is 26.1 Å². The molecule has 1 heterocycles. The molecule has 2 aromatic carbocycles. The lowest BCUT2D eigenvalue weighted by Gasteiger charge is -2.19. The van der Waals surface area contributed by atoms with Crippen LogP contribution < -0.4 is 15.0 Å². The molecule has 0 aliphatic carbocycles. The Morgan fingerprint density at radius 1 is 1.23 bits per heavy atom. The fourth-order valence-electron chi connectivity index (χ4n) is 3.22. The Bertz CT molecular complexity index is 796. The Balaban J connectivity index is 1.61. The molecular weight excluding hydrogens is 416 g/mol. The van der Waals surface area contributed by atoms with Crippen molar-refractivity contribution < 1.29 is 9.53 Å². The smallest absolute Gasteiger partial charge is 0.262 e. The Kier molecular flexibility index (Phi) is 6.09. The molecule has 1 fully saturated rings. The summed E-state index contributed by atoms with van der Waals surface area (Å²) in [5.74, 6) is 0.468. The van der Waals surface area contributed by atoms with Gasteiger partial charge in [0.25, 0.3) is 5.91 Å². The van der Waals surface area contributed by atoms with Crippen molar-refractivity contribution in [2.45, 2.75) is 26.7 Å². The van der Waals surface area contributed by atoms with Crippen LogP contribution in [0.3, 0.4) is 0 Å². The van der Waals surface area contributed by atoms with Gasteiger partial charge in [-0.25, -0.2) is 0 Å². The Morgan fingerprint density at radius 2 is 1.96 bits per heavy atom. The van der Waals surface area contributed by atoms with Crippen LogP contribution in [0.4, 0.5) is 11.4 Å². The third-order valence-corrected chi connectivity index (χ3v) is 5.29. The lowest BCUT2D eigenvalue weighted by molar-refractivity contribution is -0.118. The highest BCUT2D eigenvalue weighted by Gasteiger charge is 2.16. The summed E-state index contributed by atoms with van der Waals surface area (Å²) in [6.07, 6.45) is 2.39. The fourth-order valence-corrected chi connectivity index (χ4v) is 4.31. The van der Waals surface area contributed by atoms with E-state index in [9.17, 15) is 4.79 Å². The number of carbonyl (C=O) groups excluding carboxylic acids is 1. The Hall–Kier alpha value is -1.72. The molecule has 3 rings (SSSR count). The van der Waals surface area contributed by atoms with Gasteiger partial charge in [0.1, 0.15) is 5.75 Å². The van der Waals surface area contributed by atoms with Crippen molar-refractivity contribution in [1.29, 1.82) is 0 Å². The normalized spacial score (nSPS) is 13.8. The summed E-state index contributed by atoms with van der Waals surface area (Å²) in [6.45, 7) is 5.98. The molecule has 1 aliphatic rings. The van der Waals surface area contributed by atoms with Gasteiger partial charge in [0, 0.05) is 18.8 Å². The molecule has 1 N–H and O–H groups in total. The van der Waals surface area contributed by atoms with Crippen LogP contribution in [0.15, 0.2) is 34.8 Å². The molecule has 0 aromatic heterocycles. The number of ether oxygens (including phenoxy) is 1. The van der Waals surface area contributed by atoms with Gasteiger partial charge < -0.3 is 15.0 Å². The number of carbonyl (C=O) groups is 1. The van der Waals surface area contributed by atoms with E-state index in [1.54, 1.807) is 6.07 Å². The number of aryl methyl sites for hydroxylation is 2. The second-order valence-corrected chi connectivity index (χ2v) is 7.85. The van der Waals surface area contributed by atoms with Crippen molar-refractivity contribution in [2.24, 2.45) is 0 Å². The predicted octanol–water partition coefficient (Wildman–Crippen LogP) is 5.34. The van der Waals surface area contributed by atoms with E-state index in [1.807, 2.05) is 38.1 Å². The first kappa shape index (κ1) is 19.1. The zero-order valence-electron chi connectivity index (χ0n) is 14.9. The highest BCUT2D eigenvalue weighted by molar-refractivity contribution is 9.10. The van der Waals surface area contributed by atoms with E-state index >= 15 is 0 Å². The van der Waals surface area contributed by atoms with Crippen LogP contribution in [0.25, 0.3) is 0 Å². The molecule has 0 bridgehead atoms. The molecule has 2 aromatic rings. The summed E-state index contributed by atoms with van der Waals surface area (Å²) in [5.41, 5.74) is 3.82. The highest BCUT2D eigenvalue weighted by Crippen LogP contribution is 2.32. The molecule has 0 spiro atoms. The number of hydrogen-bond donors (Lipinski definition) is 1. The third-order valence-electron chi connectivity index (χ3n) is 4.40.